The van der Waals surface area contributed by atoms with E-state index in [1.165, 1.54) is 0 Å². The van der Waals surface area contributed by atoms with Gasteiger partial charge in [0.25, 0.3) is 0 Å². The Balaban J connectivity index is 0.00000225. The zero-order valence-electron chi connectivity index (χ0n) is 16.6. The normalized spacial score (nSPS) is 19.8. The highest BCUT2D eigenvalue weighted by molar-refractivity contribution is 5.85. The van der Waals surface area contributed by atoms with Gasteiger partial charge in [-0.15, -0.1) is 12.4 Å². The van der Waals surface area contributed by atoms with E-state index in [0.29, 0.717) is 13.2 Å². The molecule has 2 saturated heterocycles. The molecule has 3 aliphatic heterocycles. The van der Waals surface area contributed by atoms with Crippen LogP contribution in [0.4, 0.5) is 10.5 Å². The lowest BCUT2D eigenvalue weighted by atomic mass is 10.2. The van der Waals surface area contributed by atoms with Gasteiger partial charge in [-0.1, -0.05) is 6.07 Å². The first-order valence-electron chi connectivity index (χ1n) is 10.2. The summed E-state index contributed by atoms with van der Waals surface area (Å²) in [5.74, 6) is 1.75. The maximum atomic E-state index is 12.1. The van der Waals surface area contributed by atoms with Crippen molar-refractivity contribution in [3.63, 3.8) is 0 Å². The van der Waals surface area contributed by atoms with Crippen molar-refractivity contribution in [2.24, 2.45) is 0 Å². The van der Waals surface area contributed by atoms with Gasteiger partial charge in [-0.05, 0) is 32.0 Å². The lowest BCUT2D eigenvalue weighted by molar-refractivity contribution is 0.171. The molecule has 8 heteroatoms. The molecule has 3 heterocycles. The zero-order chi connectivity index (χ0) is 18.6. The third-order valence-corrected chi connectivity index (χ3v) is 5.72. The predicted molar refractivity (Wildman–Crippen MR) is 112 cm³/mol. The smallest absolute Gasteiger partial charge is 0.320 e. The van der Waals surface area contributed by atoms with Gasteiger partial charge < -0.3 is 24.2 Å². The van der Waals surface area contributed by atoms with E-state index in [1.54, 1.807) is 0 Å². The maximum absolute atomic E-state index is 12.1. The van der Waals surface area contributed by atoms with Gasteiger partial charge in [-0.25, -0.2) is 4.79 Å². The van der Waals surface area contributed by atoms with Crippen LogP contribution in [-0.2, 0) is 0 Å². The second-order valence-corrected chi connectivity index (χ2v) is 7.33. The van der Waals surface area contributed by atoms with Crippen molar-refractivity contribution in [2.45, 2.75) is 13.3 Å². The molecule has 0 unspecified atom stereocenters. The van der Waals surface area contributed by atoms with E-state index in [0.717, 1.165) is 82.5 Å². The van der Waals surface area contributed by atoms with Gasteiger partial charge in [0.1, 0.15) is 13.2 Å². The molecule has 156 valence electrons. The number of amides is 2. The average molecular weight is 411 g/mol. The molecule has 3 aliphatic rings. The Hall–Kier alpha value is -1.86. The van der Waals surface area contributed by atoms with Gasteiger partial charge in [0.2, 0.25) is 0 Å². The first-order chi connectivity index (χ1) is 13.3. The number of anilines is 1. The molecular formula is C20H31ClN4O3. The van der Waals surface area contributed by atoms with Gasteiger partial charge in [0.05, 0.1) is 5.69 Å². The number of hydrogen-bond acceptors (Lipinski definition) is 5. The van der Waals surface area contributed by atoms with Crippen LogP contribution in [0.1, 0.15) is 13.3 Å². The number of nitrogens with zero attached hydrogens (tertiary/aromatic N) is 4. The molecule has 7 nitrogen and oxygen atoms in total. The number of hydrogen-bond donors (Lipinski definition) is 0. The molecule has 0 spiro atoms. The standard InChI is InChI=1S/C20H30N4O3.ClH/c1-2-22-13-14-24(20(22)25)8-4-7-21-9-11-23(12-10-21)17-5-3-6-18-19(17)27-16-15-26-18;/h3,5-6H,2,4,7-16H2,1H3;1H. The van der Waals surface area contributed by atoms with E-state index in [9.17, 15) is 4.79 Å². The summed E-state index contributed by atoms with van der Waals surface area (Å²) in [5, 5.41) is 0. The van der Waals surface area contributed by atoms with E-state index in [4.69, 9.17) is 9.47 Å². The number of para-hydroxylation sites is 1. The van der Waals surface area contributed by atoms with Crippen LogP contribution in [0.3, 0.4) is 0 Å². The van der Waals surface area contributed by atoms with Gasteiger partial charge in [-0.2, -0.15) is 0 Å². The Labute approximate surface area is 173 Å². The second-order valence-electron chi connectivity index (χ2n) is 7.33. The Bertz CT molecular complexity index is 667. The van der Waals surface area contributed by atoms with Crippen molar-refractivity contribution in [3.05, 3.63) is 18.2 Å². The Morgan fingerprint density at radius 1 is 0.929 bits per heavy atom. The molecule has 2 amide bonds. The van der Waals surface area contributed by atoms with Crippen LogP contribution in [0, 0.1) is 0 Å². The van der Waals surface area contributed by atoms with Crippen molar-refractivity contribution >= 4 is 24.1 Å². The summed E-state index contributed by atoms with van der Waals surface area (Å²) in [6, 6.07) is 6.36. The molecule has 4 rings (SSSR count). The van der Waals surface area contributed by atoms with Gasteiger partial charge in [-0.3, -0.25) is 4.90 Å². The fraction of sp³-hybridized carbons (Fsp3) is 0.650. The van der Waals surface area contributed by atoms with E-state index in [1.807, 2.05) is 28.9 Å². The lowest BCUT2D eigenvalue weighted by Crippen LogP contribution is -2.47. The summed E-state index contributed by atoms with van der Waals surface area (Å²) < 4.78 is 11.6. The van der Waals surface area contributed by atoms with Crippen LogP contribution in [0.5, 0.6) is 11.5 Å². The van der Waals surface area contributed by atoms with E-state index in [-0.39, 0.29) is 18.4 Å². The molecule has 1 aromatic rings. The van der Waals surface area contributed by atoms with Crippen LogP contribution in [0.2, 0.25) is 0 Å². The summed E-state index contributed by atoms with van der Waals surface area (Å²) in [6.45, 7) is 11.8. The highest BCUT2D eigenvalue weighted by Crippen LogP contribution is 2.39. The SMILES string of the molecule is CCN1CCN(CCCN2CCN(c3cccc4c3OCCO4)CC2)C1=O.Cl. The van der Waals surface area contributed by atoms with Crippen LogP contribution < -0.4 is 14.4 Å². The van der Waals surface area contributed by atoms with Crippen molar-refractivity contribution in [1.82, 2.24) is 14.7 Å². The number of carbonyl (C=O) groups is 1. The highest BCUT2D eigenvalue weighted by Gasteiger charge is 2.27. The van der Waals surface area contributed by atoms with Crippen molar-refractivity contribution < 1.29 is 14.3 Å². The molecule has 0 atom stereocenters. The third kappa shape index (κ3) is 4.41. The summed E-state index contributed by atoms with van der Waals surface area (Å²) in [7, 11) is 0. The molecule has 2 fully saturated rings. The number of rotatable bonds is 6. The molecular weight excluding hydrogens is 380 g/mol. The summed E-state index contributed by atoms with van der Waals surface area (Å²) in [4.78, 5) is 21.0. The molecule has 0 N–H and O–H groups in total. The van der Waals surface area contributed by atoms with Gasteiger partial charge in [0.15, 0.2) is 11.5 Å². The number of piperazine rings is 1. The maximum Gasteiger partial charge on any atom is 0.320 e. The van der Waals surface area contributed by atoms with E-state index in [2.05, 4.69) is 15.9 Å². The lowest BCUT2D eigenvalue weighted by Gasteiger charge is -2.37. The van der Waals surface area contributed by atoms with Gasteiger partial charge in [0, 0.05) is 52.4 Å². The van der Waals surface area contributed by atoms with Crippen molar-refractivity contribution in [1.29, 1.82) is 0 Å². The van der Waals surface area contributed by atoms with Crippen LogP contribution in [-0.4, -0.2) is 92.8 Å². The molecule has 0 saturated carbocycles. The Morgan fingerprint density at radius 3 is 2.43 bits per heavy atom. The highest BCUT2D eigenvalue weighted by atomic mass is 35.5. The largest absolute Gasteiger partial charge is 0.486 e. The number of likely N-dealkylation sites (N-methyl/N-ethyl adjacent to an activating group) is 1. The van der Waals surface area contributed by atoms with E-state index >= 15 is 0 Å². The van der Waals surface area contributed by atoms with Crippen LogP contribution >= 0.6 is 12.4 Å². The van der Waals surface area contributed by atoms with Crippen LogP contribution in [0.15, 0.2) is 18.2 Å². The van der Waals surface area contributed by atoms with Crippen LogP contribution in [0.25, 0.3) is 0 Å². The fourth-order valence-electron chi connectivity index (χ4n) is 4.14. The Morgan fingerprint density at radius 2 is 1.68 bits per heavy atom. The number of urea groups is 1. The Kier molecular flexibility index (Phi) is 7.13. The monoisotopic (exact) mass is 410 g/mol. The molecule has 0 aliphatic carbocycles. The average Bonchev–Trinajstić information content (AvgIpc) is 3.08. The molecule has 28 heavy (non-hydrogen) atoms. The molecule has 1 aromatic carbocycles. The number of halogens is 1. The quantitative estimate of drug-likeness (QED) is 0.719. The number of fused-ring (bicyclic) bond motifs is 1. The van der Waals surface area contributed by atoms with E-state index < -0.39 is 0 Å². The second kappa shape index (κ2) is 9.56. The summed E-state index contributed by atoms with van der Waals surface area (Å²) in [5.41, 5.74) is 1.15. The number of ether oxygens (including phenoxy) is 2. The topological polar surface area (TPSA) is 48.5 Å². The van der Waals surface area contributed by atoms with Crippen molar-refractivity contribution in [2.75, 3.05) is 77.0 Å². The first kappa shape index (κ1) is 20.9. The number of benzene rings is 1. The number of carbonyl (C=O) groups excluding carboxylic acids is 1. The third-order valence-electron chi connectivity index (χ3n) is 5.72. The first-order valence-corrected chi connectivity index (χ1v) is 10.2. The predicted octanol–water partition coefficient (Wildman–Crippen LogP) is 2.15. The summed E-state index contributed by atoms with van der Waals surface area (Å²) >= 11 is 0. The minimum absolute atomic E-state index is 0. The molecule has 0 bridgehead atoms. The molecule has 0 radical (unpaired) electrons. The minimum atomic E-state index is 0. The summed E-state index contributed by atoms with van der Waals surface area (Å²) in [6.07, 6.45) is 1.04. The van der Waals surface area contributed by atoms with Gasteiger partial charge >= 0.3 is 6.03 Å². The fourth-order valence-corrected chi connectivity index (χ4v) is 4.14. The molecule has 0 aromatic heterocycles. The zero-order valence-corrected chi connectivity index (χ0v) is 17.5. The minimum Gasteiger partial charge on any atom is -0.486 e. The van der Waals surface area contributed by atoms with Crippen molar-refractivity contribution in [3.8, 4) is 11.5 Å².